The summed E-state index contributed by atoms with van der Waals surface area (Å²) in [6.45, 7) is 5.03. The molecular weight excluding hydrogens is 216 g/mol. The zero-order valence-corrected chi connectivity index (χ0v) is 10.5. The lowest BCUT2D eigenvalue weighted by atomic mass is 9.92. The van der Waals surface area contributed by atoms with Crippen molar-refractivity contribution >= 4 is 11.3 Å². The molecule has 2 aliphatic rings. The molecule has 0 bridgehead atoms. The predicted octanol–water partition coefficient (Wildman–Crippen LogP) is 1.97. The second-order valence-electron chi connectivity index (χ2n) is 5.05. The van der Waals surface area contributed by atoms with E-state index in [1.165, 1.54) is 51.0 Å². The molecule has 0 aliphatic carbocycles. The summed E-state index contributed by atoms with van der Waals surface area (Å²) in [5.41, 5.74) is 1.51. The topological polar surface area (TPSA) is 15.3 Å². The first-order valence-corrected chi connectivity index (χ1v) is 7.33. The van der Waals surface area contributed by atoms with E-state index in [2.05, 4.69) is 27.0 Å². The summed E-state index contributed by atoms with van der Waals surface area (Å²) in [6, 6.07) is 3.09. The molecule has 2 nitrogen and oxygen atoms in total. The molecule has 3 heterocycles. The van der Waals surface area contributed by atoms with Crippen molar-refractivity contribution in [3.8, 4) is 0 Å². The fourth-order valence-corrected chi connectivity index (χ4v) is 3.85. The van der Waals surface area contributed by atoms with Crippen LogP contribution in [0.1, 0.15) is 18.4 Å². The van der Waals surface area contributed by atoms with E-state index in [1.807, 2.05) is 11.3 Å². The second kappa shape index (κ2) is 4.86. The highest BCUT2D eigenvalue weighted by atomic mass is 32.1. The van der Waals surface area contributed by atoms with Crippen molar-refractivity contribution in [1.29, 1.82) is 0 Å². The fourth-order valence-electron chi connectivity index (χ4n) is 3.15. The Hall–Kier alpha value is -0.380. The van der Waals surface area contributed by atoms with Gasteiger partial charge in [0, 0.05) is 19.1 Å². The molecule has 0 radical (unpaired) electrons. The first kappa shape index (κ1) is 10.8. The molecule has 0 saturated carbocycles. The molecule has 3 heteroatoms. The molecule has 88 valence electrons. The average Bonchev–Trinajstić information content (AvgIpc) is 2.97. The largest absolute Gasteiger partial charge is 0.315 e. The number of hydrogen-bond acceptors (Lipinski definition) is 3. The maximum absolute atomic E-state index is 3.55. The first-order chi connectivity index (χ1) is 7.93. The minimum atomic E-state index is 0.826. The average molecular weight is 236 g/mol. The van der Waals surface area contributed by atoms with E-state index in [9.17, 15) is 0 Å². The third kappa shape index (κ3) is 2.17. The van der Waals surface area contributed by atoms with Crippen LogP contribution in [0.5, 0.6) is 0 Å². The van der Waals surface area contributed by atoms with Crippen molar-refractivity contribution < 1.29 is 0 Å². The number of fused-ring (bicyclic) bond motifs is 1. The Balaban J connectivity index is 1.57. The van der Waals surface area contributed by atoms with Crippen molar-refractivity contribution in [3.63, 3.8) is 0 Å². The van der Waals surface area contributed by atoms with Crippen LogP contribution in [0.25, 0.3) is 0 Å². The van der Waals surface area contributed by atoms with Crippen LogP contribution in [0.4, 0.5) is 0 Å². The van der Waals surface area contributed by atoms with Crippen LogP contribution in [0.2, 0.25) is 0 Å². The van der Waals surface area contributed by atoms with Crippen molar-refractivity contribution in [2.24, 2.45) is 5.92 Å². The molecule has 0 amide bonds. The third-order valence-corrected chi connectivity index (χ3v) is 4.79. The van der Waals surface area contributed by atoms with E-state index in [-0.39, 0.29) is 0 Å². The van der Waals surface area contributed by atoms with Gasteiger partial charge in [0.25, 0.3) is 0 Å². The summed E-state index contributed by atoms with van der Waals surface area (Å²) in [7, 11) is 0. The molecule has 2 aliphatic heterocycles. The lowest BCUT2D eigenvalue weighted by molar-refractivity contribution is 0.127. The zero-order valence-electron chi connectivity index (χ0n) is 9.69. The smallest absolute Gasteiger partial charge is 0.0261 e. The lowest BCUT2D eigenvalue weighted by Crippen LogP contribution is -2.45. The van der Waals surface area contributed by atoms with Crippen LogP contribution < -0.4 is 5.32 Å². The Bertz CT molecular complexity index is 323. The summed E-state index contributed by atoms with van der Waals surface area (Å²) in [4.78, 5) is 2.71. The Morgan fingerprint density at radius 1 is 1.44 bits per heavy atom. The van der Waals surface area contributed by atoms with Crippen LogP contribution in [0, 0.1) is 5.92 Å². The Morgan fingerprint density at radius 3 is 3.31 bits per heavy atom. The molecule has 1 aromatic heterocycles. The van der Waals surface area contributed by atoms with Gasteiger partial charge in [-0.2, -0.15) is 11.3 Å². The lowest BCUT2D eigenvalue weighted by Gasteiger charge is -2.37. The quantitative estimate of drug-likeness (QED) is 0.863. The van der Waals surface area contributed by atoms with E-state index in [0.717, 1.165) is 12.0 Å². The summed E-state index contributed by atoms with van der Waals surface area (Å²) >= 11 is 1.81. The molecule has 2 saturated heterocycles. The maximum Gasteiger partial charge on any atom is 0.0261 e. The van der Waals surface area contributed by atoms with Crippen LogP contribution >= 0.6 is 11.3 Å². The second-order valence-corrected chi connectivity index (χ2v) is 5.83. The van der Waals surface area contributed by atoms with E-state index >= 15 is 0 Å². The number of likely N-dealkylation sites (tertiary alicyclic amines) is 1. The normalized spacial score (nSPS) is 30.5. The van der Waals surface area contributed by atoms with Crippen molar-refractivity contribution in [2.75, 3.05) is 26.2 Å². The van der Waals surface area contributed by atoms with E-state index < -0.39 is 0 Å². The van der Waals surface area contributed by atoms with Crippen LogP contribution in [0.15, 0.2) is 16.8 Å². The predicted molar refractivity (Wildman–Crippen MR) is 69.0 cm³/mol. The van der Waals surface area contributed by atoms with Gasteiger partial charge in [0.05, 0.1) is 0 Å². The highest BCUT2D eigenvalue weighted by Crippen LogP contribution is 2.26. The van der Waals surface area contributed by atoms with Gasteiger partial charge in [-0.05, 0) is 60.7 Å². The molecule has 1 aromatic rings. The number of piperidine rings is 1. The Kier molecular flexibility index (Phi) is 3.27. The van der Waals surface area contributed by atoms with Gasteiger partial charge in [-0.1, -0.05) is 0 Å². The fraction of sp³-hybridized carbons (Fsp3) is 0.692. The van der Waals surface area contributed by atoms with Crippen LogP contribution in [0.3, 0.4) is 0 Å². The number of nitrogens with zero attached hydrogens (tertiary/aromatic N) is 1. The van der Waals surface area contributed by atoms with Gasteiger partial charge in [0.1, 0.15) is 0 Å². The summed E-state index contributed by atoms with van der Waals surface area (Å²) in [5, 5.41) is 8.02. The molecule has 0 spiro atoms. The molecule has 3 rings (SSSR count). The zero-order chi connectivity index (χ0) is 10.8. The maximum atomic E-state index is 3.55. The molecule has 2 fully saturated rings. The van der Waals surface area contributed by atoms with Gasteiger partial charge in [-0.3, -0.25) is 4.90 Å². The first-order valence-electron chi connectivity index (χ1n) is 6.39. The van der Waals surface area contributed by atoms with Crippen molar-refractivity contribution in [1.82, 2.24) is 10.2 Å². The minimum Gasteiger partial charge on any atom is -0.315 e. The third-order valence-electron chi connectivity index (χ3n) is 4.06. The standard InChI is InChI=1S/C13H20N2S/c1-2-12-8-14-9-13(12)15(5-1)6-3-11-4-7-16-10-11/h4,7,10,12-14H,1-3,5-6,8-9H2. The molecular formula is C13H20N2S. The Labute approximate surface area is 102 Å². The van der Waals surface area contributed by atoms with Gasteiger partial charge in [0.2, 0.25) is 0 Å². The Morgan fingerprint density at radius 2 is 2.44 bits per heavy atom. The van der Waals surface area contributed by atoms with Crippen molar-refractivity contribution in [2.45, 2.75) is 25.3 Å². The highest BCUT2D eigenvalue weighted by Gasteiger charge is 2.34. The van der Waals surface area contributed by atoms with Gasteiger partial charge in [-0.15, -0.1) is 0 Å². The van der Waals surface area contributed by atoms with E-state index in [4.69, 9.17) is 0 Å². The SMILES string of the molecule is c1cc(CCN2CCCC3CNCC32)cs1. The van der Waals surface area contributed by atoms with E-state index in [0.29, 0.717) is 0 Å². The summed E-state index contributed by atoms with van der Waals surface area (Å²) < 4.78 is 0. The molecule has 16 heavy (non-hydrogen) atoms. The van der Waals surface area contributed by atoms with Crippen molar-refractivity contribution in [3.05, 3.63) is 22.4 Å². The highest BCUT2D eigenvalue weighted by molar-refractivity contribution is 7.07. The molecule has 1 N–H and O–H groups in total. The van der Waals surface area contributed by atoms with Gasteiger partial charge < -0.3 is 5.32 Å². The van der Waals surface area contributed by atoms with Crippen LogP contribution in [-0.2, 0) is 6.42 Å². The number of thiophene rings is 1. The van der Waals surface area contributed by atoms with Gasteiger partial charge in [0.15, 0.2) is 0 Å². The van der Waals surface area contributed by atoms with Gasteiger partial charge >= 0.3 is 0 Å². The number of rotatable bonds is 3. The monoisotopic (exact) mass is 236 g/mol. The molecule has 2 unspecified atom stereocenters. The number of nitrogens with one attached hydrogen (secondary N) is 1. The van der Waals surface area contributed by atoms with E-state index in [1.54, 1.807) is 0 Å². The summed E-state index contributed by atoms with van der Waals surface area (Å²) in [5.74, 6) is 0.927. The van der Waals surface area contributed by atoms with Crippen LogP contribution in [-0.4, -0.2) is 37.1 Å². The molecule has 2 atom stereocenters. The number of hydrogen-bond donors (Lipinski definition) is 1. The summed E-state index contributed by atoms with van der Waals surface area (Å²) in [6.07, 6.45) is 4.06. The van der Waals surface area contributed by atoms with Gasteiger partial charge in [-0.25, -0.2) is 0 Å². The molecule has 0 aromatic carbocycles. The minimum absolute atomic E-state index is 0.826.